The highest BCUT2D eigenvalue weighted by Gasteiger charge is 2.47. The average Bonchev–Trinajstić information content (AvgIpc) is 3.19. The van der Waals surface area contributed by atoms with E-state index >= 15 is 0 Å². The van der Waals surface area contributed by atoms with Crippen LogP contribution in [0.25, 0.3) is 5.76 Å². The van der Waals surface area contributed by atoms with Gasteiger partial charge in [-0.25, -0.2) is 0 Å². The van der Waals surface area contributed by atoms with E-state index in [1.807, 2.05) is 73.7 Å². The smallest absolute Gasteiger partial charge is 0.300 e. The monoisotopic (exact) mass is 494 g/mol. The number of anilines is 2. The number of aliphatic hydroxyl groups excluding tert-OH is 1. The van der Waals surface area contributed by atoms with Crippen molar-refractivity contribution in [1.82, 2.24) is 0 Å². The number of rotatable bonds is 6. The molecule has 1 unspecified atom stereocenters. The molecule has 3 aromatic rings. The van der Waals surface area contributed by atoms with E-state index in [2.05, 4.69) is 18.7 Å². The van der Waals surface area contributed by atoms with Crippen molar-refractivity contribution in [3.05, 3.63) is 100 Å². The third-order valence-electron chi connectivity index (χ3n) is 7.72. The first-order chi connectivity index (χ1) is 17.9. The molecule has 5 nitrogen and oxygen atoms in total. The molecule has 1 N–H and O–H groups in total. The first-order valence-electron chi connectivity index (χ1n) is 13.3. The molecule has 0 aromatic heterocycles. The van der Waals surface area contributed by atoms with Crippen molar-refractivity contribution in [2.24, 2.45) is 0 Å². The van der Waals surface area contributed by atoms with Crippen LogP contribution < -0.4 is 9.80 Å². The quantitative estimate of drug-likeness (QED) is 0.247. The number of carbonyl (C=O) groups is 2. The Morgan fingerprint density at radius 2 is 1.54 bits per heavy atom. The van der Waals surface area contributed by atoms with Gasteiger partial charge < -0.3 is 10.0 Å². The maximum absolute atomic E-state index is 13.5. The molecule has 1 saturated heterocycles. The summed E-state index contributed by atoms with van der Waals surface area (Å²) in [6.45, 7) is 7.98. The van der Waals surface area contributed by atoms with Crippen LogP contribution in [0.1, 0.15) is 60.5 Å². The number of ketones is 1. The third kappa shape index (κ3) is 4.55. The Labute approximate surface area is 219 Å². The van der Waals surface area contributed by atoms with E-state index in [9.17, 15) is 14.7 Å². The van der Waals surface area contributed by atoms with Gasteiger partial charge in [-0.3, -0.25) is 14.5 Å². The minimum Gasteiger partial charge on any atom is -0.507 e. The Morgan fingerprint density at radius 1 is 0.892 bits per heavy atom. The Bertz CT molecular complexity index is 1350. The van der Waals surface area contributed by atoms with Gasteiger partial charge in [-0.1, -0.05) is 42.0 Å². The topological polar surface area (TPSA) is 60.9 Å². The van der Waals surface area contributed by atoms with Crippen LogP contribution in [0.4, 0.5) is 11.4 Å². The number of nitrogens with zero attached hydrogens (tertiary/aromatic N) is 2. The molecule has 1 fully saturated rings. The fourth-order valence-electron chi connectivity index (χ4n) is 5.61. The molecule has 2 aliphatic rings. The molecule has 5 heteroatoms. The third-order valence-corrected chi connectivity index (χ3v) is 7.72. The Balaban J connectivity index is 1.65. The maximum Gasteiger partial charge on any atom is 0.300 e. The molecular weight excluding hydrogens is 460 g/mol. The number of fused-ring (bicyclic) bond motifs is 1. The van der Waals surface area contributed by atoms with Gasteiger partial charge in [-0.05, 0) is 93.5 Å². The second kappa shape index (κ2) is 10.3. The minimum absolute atomic E-state index is 0.112. The minimum atomic E-state index is -0.718. The molecule has 0 radical (unpaired) electrons. The maximum atomic E-state index is 13.5. The summed E-state index contributed by atoms with van der Waals surface area (Å²) >= 11 is 0. The predicted octanol–water partition coefficient (Wildman–Crippen LogP) is 6.35. The number of benzene rings is 3. The van der Waals surface area contributed by atoms with Gasteiger partial charge in [0, 0.05) is 30.0 Å². The van der Waals surface area contributed by atoms with E-state index in [0.29, 0.717) is 11.3 Å². The van der Waals surface area contributed by atoms with Gasteiger partial charge in [0.1, 0.15) is 5.76 Å². The van der Waals surface area contributed by atoms with Gasteiger partial charge >= 0.3 is 0 Å². The van der Waals surface area contributed by atoms with Crippen LogP contribution in [-0.2, 0) is 22.4 Å². The first-order valence-corrected chi connectivity index (χ1v) is 13.3. The van der Waals surface area contributed by atoms with Gasteiger partial charge in [-0.2, -0.15) is 0 Å². The van der Waals surface area contributed by atoms with Crippen LogP contribution in [0.3, 0.4) is 0 Å². The highest BCUT2D eigenvalue weighted by molar-refractivity contribution is 6.51. The Morgan fingerprint density at radius 3 is 2.19 bits per heavy atom. The number of Topliss-reactive ketones (excluding diaryl/α,β-unsaturated/α-hetero) is 1. The zero-order valence-electron chi connectivity index (χ0n) is 21.8. The zero-order valence-corrected chi connectivity index (χ0v) is 21.8. The van der Waals surface area contributed by atoms with Crippen molar-refractivity contribution in [2.75, 3.05) is 22.9 Å². The lowest BCUT2D eigenvalue weighted by molar-refractivity contribution is -0.132. The fourth-order valence-corrected chi connectivity index (χ4v) is 5.61. The molecule has 1 amide bonds. The normalized spacial score (nSPS) is 18.7. The molecule has 1 aliphatic carbocycles. The van der Waals surface area contributed by atoms with Gasteiger partial charge in [0.05, 0.1) is 11.6 Å². The largest absolute Gasteiger partial charge is 0.507 e. The Hall–Kier alpha value is -3.86. The van der Waals surface area contributed by atoms with Crippen molar-refractivity contribution in [3.8, 4) is 0 Å². The second-order valence-electron chi connectivity index (χ2n) is 9.96. The van der Waals surface area contributed by atoms with Crippen molar-refractivity contribution in [3.63, 3.8) is 0 Å². The van der Waals surface area contributed by atoms with Gasteiger partial charge in [0.2, 0.25) is 0 Å². The van der Waals surface area contributed by atoms with E-state index in [1.165, 1.54) is 22.4 Å². The lowest BCUT2D eigenvalue weighted by atomic mass is 9.88. The highest BCUT2D eigenvalue weighted by Crippen LogP contribution is 2.43. The number of aryl methyl sites for hydroxylation is 3. The molecule has 190 valence electrons. The molecular formula is C32H34N2O3. The molecule has 1 heterocycles. The number of carbonyl (C=O) groups excluding carboxylic acids is 2. The predicted molar refractivity (Wildman–Crippen MR) is 149 cm³/mol. The summed E-state index contributed by atoms with van der Waals surface area (Å²) in [6, 6.07) is 20.7. The van der Waals surface area contributed by atoms with Crippen LogP contribution in [-0.4, -0.2) is 29.9 Å². The molecule has 37 heavy (non-hydrogen) atoms. The van der Waals surface area contributed by atoms with E-state index in [0.717, 1.165) is 49.2 Å². The number of amides is 1. The molecule has 0 bridgehead atoms. The van der Waals surface area contributed by atoms with Crippen LogP contribution in [0.5, 0.6) is 0 Å². The van der Waals surface area contributed by atoms with Crippen molar-refractivity contribution in [1.29, 1.82) is 0 Å². The molecule has 0 spiro atoms. The van der Waals surface area contributed by atoms with Crippen molar-refractivity contribution in [2.45, 2.75) is 52.5 Å². The Kier molecular flexibility index (Phi) is 6.88. The zero-order chi connectivity index (χ0) is 26.1. The summed E-state index contributed by atoms with van der Waals surface area (Å²) in [6.07, 6.45) is 4.29. The molecule has 5 rings (SSSR count). The van der Waals surface area contributed by atoms with Crippen LogP contribution in [0, 0.1) is 6.92 Å². The summed E-state index contributed by atoms with van der Waals surface area (Å²) in [5, 5.41) is 11.5. The van der Waals surface area contributed by atoms with E-state index < -0.39 is 17.7 Å². The highest BCUT2D eigenvalue weighted by atomic mass is 16.3. The van der Waals surface area contributed by atoms with Crippen LogP contribution in [0.15, 0.2) is 72.3 Å². The number of hydrogen-bond acceptors (Lipinski definition) is 4. The lowest BCUT2D eigenvalue weighted by Crippen LogP contribution is -2.29. The van der Waals surface area contributed by atoms with Gasteiger partial charge in [0.25, 0.3) is 11.7 Å². The molecule has 3 aromatic carbocycles. The standard InChI is InChI=1S/C32H34N2O3/c1-4-33(5-2)26-18-14-23(15-19-26)29-28(30(35)25-13-12-22-8-6-7-9-24(22)20-25)31(36)32(37)34(29)27-16-10-21(3)11-17-27/h10-20,29,35H,4-9H2,1-3H3/b30-28-. The van der Waals surface area contributed by atoms with E-state index in [4.69, 9.17) is 0 Å². The first kappa shape index (κ1) is 24.8. The summed E-state index contributed by atoms with van der Waals surface area (Å²) in [5.41, 5.74) is 6.80. The SMILES string of the molecule is CCN(CC)c1ccc(C2/C(=C(/O)c3ccc4c(c3)CCCC4)C(=O)C(=O)N2c2ccc(C)cc2)cc1. The van der Waals surface area contributed by atoms with Crippen LogP contribution >= 0.6 is 0 Å². The molecule has 0 saturated carbocycles. The van der Waals surface area contributed by atoms with Gasteiger partial charge in [0.15, 0.2) is 0 Å². The van der Waals surface area contributed by atoms with E-state index in [1.54, 1.807) is 0 Å². The molecule has 1 aliphatic heterocycles. The summed E-state index contributed by atoms with van der Waals surface area (Å²) in [4.78, 5) is 30.7. The number of aliphatic hydroxyl groups is 1. The van der Waals surface area contributed by atoms with Crippen molar-refractivity contribution < 1.29 is 14.7 Å². The molecule has 1 atom stereocenters. The average molecular weight is 495 g/mol. The summed E-state index contributed by atoms with van der Waals surface area (Å²) < 4.78 is 0. The van der Waals surface area contributed by atoms with Crippen molar-refractivity contribution >= 4 is 28.8 Å². The fraction of sp³-hybridized carbons (Fsp3) is 0.312. The van der Waals surface area contributed by atoms with E-state index in [-0.39, 0.29) is 11.3 Å². The summed E-state index contributed by atoms with van der Waals surface area (Å²) in [5.74, 6) is -1.39. The van der Waals surface area contributed by atoms with Crippen LogP contribution in [0.2, 0.25) is 0 Å². The number of hydrogen-bond donors (Lipinski definition) is 1. The van der Waals surface area contributed by atoms with Gasteiger partial charge in [-0.15, -0.1) is 0 Å². The lowest BCUT2D eigenvalue weighted by Gasteiger charge is -2.27. The summed E-state index contributed by atoms with van der Waals surface area (Å²) in [7, 11) is 0. The second-order valence-corrected chi connectivity index (χ2v) is 9.96.